The van der Waals surface area contributed by atoms with Gasteiger partial charge >= 0.3 is 12.0 Å². The third-order valence-electron chi connectivity index (χ3n) is 7.88. The Morgan fingerprint density at radius 1 is 0.667 bits per heavy atom. The fourth-order valence-corrected chi connectivity index (χ4v) is 5.72. The minimum Gasteiger partial charge on any atom is -0.480 e. The Bertz CT molecular complexity index is 1580. The number of anilines is 2. The molecule has 2 aliphatic heterocycles. The zero-order valence-electron chi connectivity index (χ0n) is 22.7. The number of carboxylic acids is 1. The molecule has 1 fully saturated rings. The van der Waals surface area contributed by atoms with Gasteiger partial charge in [0.15, 0.2) is 5.60 Å². The second kappa shape index (κ2) is 11.0. The number of aliphatic carboxylic acids is 1. The molecule has 1 atom stereocenters. The summed E-state index contributed by atoms with van der Waals surface area (Å²) in [5, 5.41) is 22.3. The second-order valence-electron chi connectivity index (χ2n) is 10.3. The molecule has 0 radical (unpaired) electrons. The molecule has 0 aromatic heterocycles. The van der Waals surface area contributed by atoms with Gasteiger partial charge < -0.3 is 20.0 Å². The van der Waals surface area contributed by atoms with E-state index in [0.29, 0.717) is 22.5 Å². The molecule has 1 saturated heterocycles. The van der Waals surface area contributed by atoms with Crippen LogP contribution in [0.1, 0.15) is 22.3 Å². The molecule has 6 rings (SSSR count). The summed E-state index contributed by atoms with van der Waals surface area (Å²) in [6.45, 7) is -0.265. The Labute approximate surface area is 243 Å². The van der Waals surface area contributed by atoms with Crippen molar-refractivity contribution in [3.05, 3.63) is 131 Å². The number of urea groups is 1. The molecule has 42 heavy (non-hydrogen) atoms. The molecule has 4 aromatic carbocycles. The maximum atomic E-state index is 14.3. The van der Waals surface area contributed by atoms with E-state index in [1.165, 1.54) is 9.80 Å². The summed E-state index contributed by atoms with van der Waals surface area (Å²) in [6, 6.07) is 30.2. The van der Waals surface area contributed by atoms with E-state index >= 15 is 0 Å². The lowest BCUT2D eigenvalue weighted by Crippen LogP contribution is -2.63. The lowest BCUT2D eigenvalue weighted by Gasteiger charge is -2.43. The number of amides is 3. The number of fused-ring (bicyclic) bond motifs is 2. The van der Waals surface area contributed by atoms with E-state index < -0.39 is 29.6 Å². The highest BCUT2D eigenvalue weighted by Crippen LogP contribution is 2.38. The fraction of sp³-hybridized carbons (Fsp3) is 0.147. The Hall–Kier alpha value is -5.21. The monoisotopic (exact) mass is 559 g/mol. The molecule has 2 N–H and O–H groups in total. The molecule has 2 aliphatic rings. The van der Waals surface area contributed by atoms with E-state index in [9.17, 15) is 24.6 Å². The first-order chi connectivity index (χ1) is 20.4. The highest BCUT2D eigenvalue weighted by Gasteiger charge is 2.47. The molecule has 210 valence electrons. The lowest BCUT2D eigenvalue weighted by atomic mass is 9.84. The lowest BCUT2D eigenvalue weighted by molar-refractivity contribution is -0.154. The number of carboxylic acid groups (broad SMARTS) is 1. The number of hydrogen-bond acceptors (Lipinski definition) is 4. The number of aliphatic hydroxyl groups is 1. The molecule has 0 unspecified atom stereocenters. The first-order valence-corrected chi connectivity index (χ1v) is 13.7. The fourth-order valence-electron chi connectivity index (χ4n) is 5.72. The van der Waals surface area contributed by atoms with Crippen LogP contribution in [0.2, 0.25) is 0 Å². The molecular weight excluding hydrogens is 530 g/mol. The molecule has 0 spiro atoms. The summed E-state index contributed by atoms with van der Waals surface area (Å²) in [7, 11) is 0. The van der Waals surface area contributed by atoms with Crippen LogP contribution < -0.4 is 4.90 Å². The molecule has 0 saturated carbocycles. The smallest absolute Gasteiger partial charge is 0.330 e. The SMILES string of the molecule is O=C(O)[C@@H]1CN(C(=O)C(O)(c2ccccc2)c2ccccc2)CCN1C(=O)N1c2ccccc2C=Cc2ccccc21. The van der Waals surface area contributed by atoms with Crippen LogP contribution >= 0.6 is 0 Å². The quantitative estimate of drug-likeness (QED) is 0.368. The number of rotatable bonds is 4. The highest BCUT2D eigenvalue weighted by atomic mass is 16.4. The number of benzene rings is 4. The third-order valence-corrected chi connectivity index (χ3v) is 7.88. The highest BCUT2D eigenvalue weighted by molar-refractivity contribution is 6.06. The second-order valence-corrected chi connectivity index (χ2v) is 10.3. The Kier molecular flexibility index (Phi) is 7.06. The van der Waals surface area contributed by atoms with E-state index in [2.05, 4.69) is 0 Å². The van der Waals surface area contributed by atoms with Gasteiger partial charge in [0.25, 0.3) is 5.91 Å². The third kappa shape index (κ3) is 4.61. The minimum atomic E-state index is -2.04. The van der Waals surface area contributed by atoms with Crippen LogP contribution in [0, 0.1) is 0 Å². The molecule has 0 bridgehead atoms. The van der Waals surface area contributed by atoms with Gasteiger partial charge in [-0.25, -0.2) is 9.59 Å². The Morgan fingerprint density at radius 2 is 1.14 bits per heavy atom. The van der Waals surface area contributed by atoms with Gasteiger partial charge in [-0.1, -0.05) is 109 Å². The largest absolute Gasteiger partial charge is 0.480 e. The minimum absolute atomic E-state index is 0.0323. The van der Waals surface area contributed by atoms with Crippen LogP contribution in [0.3, 0.4) is 0 Å². The van der Waals surface area contributed by atoms with Gasteiger partial charge in [-0.2, -0.15) is 0 Å². The van der Waals surface area contributed by atoms with Gasteiger partial charge in [0, 0.05) is 13.1 Å². The van der Waals surface area contributed by atoms with Crippen molar-refractivity contribution in [1.82, 2.24) is 9.80 Å². The Morgan fingerprint density at radius 3 is 1.64 bits per heavy atom. The molecule has 8 nitrogen and oxygen atoms in total. The van der Waals surface area contributed by atoms with Crippen LogP contribution in [0.4, 0.5) is 16.2 Å². The van der Waals surface area contributed by atoms with Crippen molar-refractivity contribution in [2.24, 2.45) is 0 Å². The average molecular weight is 560 g/mol. The topological polar surface area (TPSA) is 101 Å². The molecule has 8 heteroatoms. The van der Waals surface area contributed by atoms with Gasteiger partial charge in [-0.3, -0.25) is 9.69 Å². The standard InChI is InChI=1S/C34H29N3O5/c38-31(39)30-23-35(32(40)34(42,26-13-3-1-4-14-26)27-15-5-2-6-16-27)21-22-36(30)33(41)37-28-17-9-7-11-24(28)19-20-25-12-8-10-18-29(25)37/h1-20,30,42H,21-23H2,(H,38,39)/t30-/m0/s1. The summed E-state index contributed by atoms with van der Waals surface area (Å²) in [6.07, 6.45) is 3.86. The first-order valence-electron chi connectivity index (χ1n) is 13.7. The zero-order chi connectivity index (χ0) is 29.3. The van der Waals surface area contributed by atoms with Gasteiger partial charge in [-0.05, 0) is 34.4 Å². The summed E-state index contributed by atoms with van der Waals surface area (Å²) in [5.74, 6) is -1.88. The predicted octanol–water partition coefficient (Wildman–Crippen LogP) is 4.96. The number of para-hydroxylation sites is 2. The van der Waals surface area contributed by atoms with Crippen LogP contribution in [0.15, 0.2) is 109 Å². The van der Waals surface area contributed by atoms with Gasteiger partial charge in [-0.15, -0.1) is 0 Å². The maximum absolute atomic E-state index is 14.3. The van der Waals surface area contributed by atoms with Gasteiger partial charge in [0.1, 0.15) is 6.04 Å². The molecule has 2 heterocycles. The van der Waals surface area contributed by atoms with Crippen LogP contribution in [0.25, 0.3) is 12.2 Å². The average Bonchev–Trinajstić information content (AvgIpc) is 3.21. The predicted molar refractivity (Wildman–Crippen MR) is 160 cm³/mol. The van der Waals surface area contributed by atoms with Crippen molar-refractivity contribution in [2.75, 3.05) is 24.5 Å². The number of hydrogen-bond donors (Lipinski definition) is 2. The summed E-state index contributed by atoms with van der Waals surface area (Å²) >= 11 is 0. The number of carbonyl (C=O) groups is 3. The summed E-state index contributed by atoms with van der Waals surface area (Å²) < 4.78 is 0. The first kappa shape index (κ1) is 27.0. The number of piperazine rings is 1. The van der Waals surface area contributed by atoms with E-state index in [0.717, 1.165) is 11.1 Å². The van der Waals surface area contributed by atoms with E-state index in [4.69, 9.17) is 0 Å². The molecule has 3 amide bonds. The van der Waals surface area contributed by atoms with Crippen molar-refractivity contribution in [3.8, 4) is 0 Å². The molecule has 0 aliphatic carbocycles. The summed E-state index contributed by atoms with van der Waals surface area (Å²) in [5.41, 5.74) is 1.61. The maximum Gasteiger partial charge on any atom is 0.330 e. The van der Waals surface area contributed by atoms with Gasteiger partial charge in [0.05, 0.1) is 17.9 Å². The van der Waals surface area contributed by atoms with Crippen molar-refractivity contribution >= 4 is 41.4 Å². The van der Waals surface area contributed by atoms with Crippen LogP contribution in [-0.4, -0.2) is 63.6 Å². The van der Waals surface area contributed by atoms with Crippen LogP contribution in [-0.2, 0) is 15.2 Å². The van der Waals surface area contributed by atoms with Crippen molar-refractivity contribution < 1.29 is 24.6 Å². The number of nitrogens with zero attached hydrogens (tertiary/aromatic N) is 3. The molecular formula is C34H29N3O5. The normalized spacial score (nSPS) is 16.3. The Balaban J connectivity index is 1.34. The van der Waals surface area contributed by atoms with Gasteiger partial charge in [0.2, 0.25) is 0 Å². The molecule has 4 aromatic rings. The zero-order valence-corrected chi connectivity index (χ0v) is 22.7. The van der Waals surface area contributed by atoms with Crippen molar-refractivity contribution in [3.63, 3.8) is 0 Å². The van der Waals surface area contributed by atoms with E-state index in [1.807, 2.05) is 60.7 Å². The summed E-state index contributed by atoms with van der Waals surface area (Å²) in [4.78, 5) is 45.2. The van der Waals surface area contributed by atoms with E-state index in [1.54, 1.807) is 65.6 Å². The van der Waals surface area contributed by atoms with E-state index in [-0.39, 0.29) is 19.6 Å². The van der Waals surface area contributed by atoms with Crippen molar-refractivity contribution in [1.29, 1.82) is 0 Å². The number of carbonyl (C=O) groups excluding carboxylic acids is 2. The van der Waals surface area contributed by atoms with Crippen LogP contribution in [0.5, 0.6) is 0 Å². The van der Waals surface area contributed by atoms with Crippen molar-refractivity contribution in [2.45, 2.75) is 11.6 Å².